The molecule has 1 fully saturated rings. The van der Waals surface area contributed by atoms with E-state index in [-0.39, 0.29) is 16.7 Å². The van der Waals surface area contributed by atoms with Crippen LogP contribution in [-0.2, 0) is 17.8 Å². The van der Waals surface area contributed by atoms with Gasteiger partial charge in [0.25, 0.3) is 5.24 Å². The molecule has 1 saturated heterocycles. The normalized spacial score (nSPS) is 16.0. The number of imide groups is 1. The lowest BCUT2D eigenvalue weighted by Gasteiger charge is -2.14. The molecule has 0 bridgehead atoms. The molecule has 0 spiro atoms. The van der Waals surface area contributed by atoms with Crippen molar-refractivity contribution < 1.29 is 19.5 Å². The van der Waals surface area contributed by atoms with Crippen molar-refractivity contribution in [3.05, 3.63) is 82.4 Å². The quantitative estimate of drug-likeness (QED) is 0.437. The third-order valence-corrected chi connectivity index (χ3v) is 7.29. The van der Waals surface area contributed by atoms with Crippen LogP contribution in [0.25, 0.3) is 21.8 Å². The summed E-state index contributed by atoms with van der Waals surface area (Å²) >= 11 is 1.06. The molecule has 4 aromatic rings. The molecule has 1 aliphatic rings. The van der Waals surface area contributed by atoms with Crippen molar-refractivity contribution in [3.8, 4) is 0 Å². The maximum Gasteiger partial charge on any atom is 0.335 e. The molecule has 0 aliphatic carbocycles. The van der Waals surface area contributed by atoms with Crippen LogP contribution in [-0.4, -0.2) is 32.0 Å². The van der Waals surface area contributed by atoms with Gasteiger partial charge in [-0.3, -0.25) is 14.9 Å². The number of nitrogens with one attached hydrogen (secondary N) is 1. The number of thioether (sulfide) groups is 1. The molecule has 6 nitrogen and oxygen atoms in total. The number of carbonyl (C=O) groups is 3. The van der Waals surface area contributed by atoms with Gasteiger partial charge >= 0.3 is 5.97 Å². The standard InChI is InChI=1S/C26H22N2O4S/c1-14-11-18(12-21-24(29)27-26(32)33-21)15(2)22-19-5-3-4-6-20(19)28(23(14)22)13-16-7-9-17(10-8-16)25(30)31/h3-11,21H,12-13H2,1-2H3,(H,30,31)(H,27,29,32). The van der Waals surface area contributed by atoms with Gasteiger partial charge in [0.1, 0.15) is 0 Å². The zero-order valence-corrected chi connectivity index (χ0v) is 19.0. The Bertz CT molecular complexity index is 1450. The number of carboxylic acid groups (broad SMARTS) is 1. The van der Waals surface area contributed by atoms with Crippen LogP contribution in [0.3, 0.4) is 0 Å². The summed E-state index contributed by atoms with van der Waals surface area (Å²) in [5, 5.41) is 13.2. The van der Waals surface area contributed by atoms with Crippen molar-refractivity contribution in [3.63, 3.8) is 0 Å². The number of carbonyl (C=O) groups excluding carboxylic acids is 2. The minimum Gasteiger partial charge on any atom is -0.478 e. The number of aromatic carboxylic acids is 1. The van der Waals surface area contributed by atoms with Gasteiger partial charge in [0.05, 0.1) is 16.3 Å². The fourth-order valence-electron chi connectivity index (χ4n) is 4.73. The van der Waals surface area contributed by atoms with Gasteiger partial charge in [-0.15, -0.1) is 0 Å². The van der Waals surface area contributed by atoms with Gasteiger partial charge in [-0.05, 0) is 60.7 Å². The van der Waals surface area contributed by atoms with Crippen LogP contribution in [0, 0.1) is 13.8 Å². The van der Waals surface area contributed by atoms with Crippen LogP contribution >= 0.6 is 11.8 Å². The van der Waals surface area contributed by atoms with E-state index in [1.165, 1.54) is 0 Å². The lowest BCUT2D eigenvalue weighted by atomic mass is 9.95. The molecule has 2 heterocycles. The average molecular weight is 459 g/mol. The van der Waals surface area contributed by atoms with Gasteiger partial charge in [-0.1, -0.05) is 48.2 Å². The number of carboxylic acids is 1. The smallest absolute Gasteiger partial charge is 0.335 e. The Labute approximate surface area is 194 Å². The molecule has 33 heavy (non-hydrogen) atoms. The topological polar surface area (TPSA) is 88.4 Å². The molecule has 7 heteroatoms. The number of hydrogen-bond donors (Lipinski definition) is 2. The maximum absolute atomic E-state index is 12.1. The average Bonchev–Trinajstić information content (AvgIpc) is 3.29. The Morgan fingerprint density at radius 1 is 1.09 bits per heavy atom. The van der Waals surface area contributed by atoms with E-state index in [0.717, 1.165) is 55.8 Å². The lowest BCUT2D eigenvalue weighted by Crippen LogP contribution is -2.25. The molecule has 0 saturated carbocycles. The molecule has 0 radical (unpaired) electrons. The first-order valence-corrected chi connectivity index (χ1v) is 11.5. The third-order valence-electron chi connectivity index (χ3n) is 6.31. The summed E-state index contributed by atoms with van der Waals surface area (Å²) in [6, 6.07) is 17.3. The second-order valence-electron chi connectivity index (χ2n) is 8.39. The van der Waals surface area contributed by atoms with Gasteiger partial charge in [-0.25, -0.2) is 4.79 Å². The SMILES string of the molecule is Cc1c(CC2SC(=O)NC2=O)cc(C)c2c1c1ccccc1n2Cc1ccc(C(=O)O)cc1. The van der Waals surface area contributed by atoms with Gasteiger partial charge < -0.3 is 9.67 Å². The number of aromatic nitrogens is 1. The Morgan fingerprint density at radius 2 is 1.82 bits per heavy atom. The number of fused-ring (bicyclic) bond motifs is 3. The highest BCUT2D eigenvalue weighted by atomic mass is 32.2. The van der Waals surface area contributed by atoms with Crippen LogP contribution < -0.4 is 5.32 Å². The highest BCUT2D eigenvalue weighted by molar-refractivity contribution is 8.15. The van der Waals surface area contributed by atoms with Crippen molar-refractivity contribution in [2.45, 2.75) is 32.1 Å². The van der Waals surface area contributed by atoms with Crippen molar-refractivity contribution in [1.82, 2.24) is 9.88 Å². The second-order valence-corrected chi connectivity index (χ2v) is 9.57. The molecule has 2 N–H and O–H groups in total. The Balaban J connectivity index is 1.64. The predicted octanol–water partition coefficient (Wildman–Crippen LogP) is 5.05. The fraction of sp³-hybridized carbons (Fsp3) is 0.192. The molecule has 3 aromatic carbocycles. The van der Waals surface area contributed by atoms with Gasteiger partial charge in [-0.2, -0.15) is 0 Å². The van der Waals surface area contributed by atoms with E-state index < -0.39 is 11.2 Å². The van der Waals surface area contributed by atoms with Gasteiger partial charge in [0.15, 0.2) is 0 Å². The molecular weight excluding hydrogens is 436 g/mol. The van der Waals surface area contributed by atoms with E-state index in [1.54, 1.807) is 12.1 Å². The Kier molecular flexibility index (Phi) is 5.21. The molecule has 2 amide bonds. The molecular formula is C26H22N2O4S. The van der Waals surface area contributed by atoms with Gasteiger partial charge in [0.2, 0.25) is 5.91 Å². The summed E-state index contributed by atoms with van der Waals surface area (Å²) in [5.41, 5.74) is 6.78. The zero-order chi connectivity index (χ0) is 23.3. The van der Waals surface area contributed by atoms with Crippen LogP contribution in [0.15, 0.2) is 54.6 Å². The molecule has 1 aliphatic heterocycles. The van der Waals surface area contributed by atoms with Crippen LogP contribution in [0.5, 0.6) is 0 Å². The van der Waals surface area contributed by atoms with E-state index >= 15 is 0 Å². The molecule has 166 valence electrons. The fourth-order valence-corrected chi connectivity index (χ4v) is 5.58. The highest BCUT2D eigenvalue weighted by Gasteiger charge is 2.32. The summed E-state index contributed by atoms with van der Waals surface area (Å²) < 4.78 is 2.27. The van der Waals surface area contributed by atoms with E-state index in [1.807, 2.05) is 24.3 Å². The number of amides is 2. The molecule has 5 rings (SSSR count). The van der Waals surface area contributed by atoms with Crippen LogP contribution in [0.1, 0.15) is 32.6 Å². The molecule has 1 aromatic heterocycles. The number of rotatable bonds is 5. The van der Waals surface area contributed by atoms with Crippen molar-refractivity contribution in [1.29, 1.82) is 0 Å². The summed E-state index contributed by atoms with van der Waals surface area (Å²) in [7, 11) is 0. The first-order chi connectivity index (χ1) is 15.8. The number of hydrogen-bond acceptors (Lipinski definition) is 4. The summed E-state index contributed by atoms with van der Waals surface area (Å²) in [5.74, 6) is -1.16. The predicted molar refractivity (Wildman–Crippen MR) is 130 cm³/mol. The van der Waals surface area contributed by atoms with E-state index in [4.69, 9.17) is 0 Å². The van der Waals surface area contributed by atoms with Gasteiger partial charge in [0, 0.05) is 22.8 Å². The van der Waals surface area contributed by atoms with Crippen LogP contribution in [0.4, 0.5) is 4.79 Å². The van der Waals surface area contributed by atoms with E-state index in [2.05, 4.69) is 41.9 Å². The number of nitrogens with zero attached hydrogens (tertiary/aromatic N) is 1. The monoisotopic (exact) mass is 458 g/mol. The lowest BCUT2D eigenvalue weighted by molar-refractivity contribution is -0.118. The van der Waals surface area contributed by atoms with Crippen molar-refractivity contribution in [2.75, 3.05) is 0 Å². The number of para-hydroxylation sites is 1. The van der Waals surface area contributed by atoms with Crippen molar-refractivity contribution in [2.24, 2.45) is 0 Å². The second kappa shape index (κ2) is 8.08. The Hall–Kier alpha value is -3.58. The first-order valence-electron chi connectivity index (χ1n) is 10.7. The number of benzene rings is 3. The zero-order valence-electron chi connectivity index (χ0n) is 18.2. The summed E-state index contributed by atoms with van der Waals surface area (Å²) in [6.45, 7) is 4.76. The van der Waals surface area contributed by atoms with E-state index in [9.17, 15) is 19.5 Å². The molecule has 1 unspecified atom stereocenters. The summed E-state index contributed by atoms with van der Waals surface area (Å²) in [6.07, 6.45) is 0.501. The number of aryl methyl sites for hydroxylation is 2. The first kappa shape index (κ1) is 21.3. The van der Waals surface area contributed by atoms with E-state index in [0.29, 0.717) is 13.0 Å². The Morgan fingerprint density at radius 3 is 2.48 bits per heavy atom. The third kappa shape index (κ3) is 3.68. The van der Waals surface area contributed by atoms with Crippen LogP contribution in [0.2, 0.25) is 0 Å². The maximum atomic E-state index is 12.1. The summed E-state index contributed by atoms with van der Waals surface area (Å²) in [4.78, 5) is 35.0. The minimum atomic E-state index is -0.937. The molecule has 1 atom stereocenters. The largest absolute Gasteiger partial charge is 0.478 e. The minimum absolute atomic E-state index is 0.227. The highest BCUT2D eigenvalue weighted by Crippen LogP contribution is 2.37. The van der Waals surface area contributed by atoms with Crippen molar-refractivity contribution >= 4 is 50.7 Å².